The van der Waals surface area contributed by atoms with Crippen LogP contribution in [0.1, 0.15) is 63.3 Å². The molecule has 0 radical (unpaired) electrons. The lowest BCUT2D eigenvalue weighted by molar-refractivity contribution is -0.0292. The maximum Gasteiger partial charge on any atom is 0.256 e. The molecule has 1 saturated carbocycles. The number of ether oxygens (including phenoxy) is 1. The van der Waals surface area contributed by atoms with Gasteiger partial charge in [0.05, 0.1) is 5.60 Å². The van der Waals surface area contributed by atoms with Crippen molar-refractivity contribution in [3.05, 3.63) is 11.7 Å². The van der Waals surface area contributed by atoms with Gasteiger partial charge in [0.1, 0.15) is 11.9 Å². The fraction of sp³-hybridized carbons (Fsp3) is 0.692. The number of nitrogens with one attached hydrogen (secondary N) is 1. The zero-order valence-electron chi connectivity index (χ0n) is 11.6. The molecule has 0 spiro atoms. The Hall–Kier alpha value is -1.76. The molecule has 1 N–H and O–H groups in total. The van der Waals surface area contributed by atoms with Gasteiger partial charge in [-0.1, -0.05) is 5.16 Å². The molecule has 7 nitrogen and oxygen atoms in total. The summed E-state index contributed by atoms with van der Waals surface area (Å²) in [6, 6.07) is 0. The Morgan fingerprint density at radius 2 is 2.00 bits per heavy atom. The number of aromatic nitrogens is 5. The summed E-state index contributed by atoms with van der Waals surface area (Å²) in [4.78, 5) is 8.79. The minimum Gasteiger partial charge on any atom is -0.363 e. The second kappa shape index (κ2) is 4.12. The van der Waals surface area contributed by atoms with Crippen LogP contribution in [0.2, 0.25) is 0 Å². The summed E-state index contributed by atoms with van der Waals surface area (Å²) in [6.07, 6.45) is 4.12. The second-order valence-electron chi connectivity index (χ2n) is 6.18. The van der Waals surface area contributed by atoms with Gasteiger partial charge in [0.2, 0.25) is 11.6 Å². The number of hydrogen-bond donors (Lipinski definition) is 1. The summed E-state index contributed by atoms with van der Waals surface area (Å²) >= 11 is 0. The maximum atomic E-state index is 5.89. The van der Waals surface area contributed by atoms with Gasteiger partial charge in [0, 0.05) is 5.92 Å². The molecular formula is C13H17N5O2. The molecule has 1 aliphatic carbocycles. The average molecular weight is 275 g/mol. The van der Waals surface area contributed by atoms with Gasteiger partial charge in [-0.2, -0.15) is 4.98 Å². The van der Waals surface area contributed by atoms with E-state index in [1.165, 1.54) is 12.8 Å². The van der Waals surface area contributed by atoms with Gasteiger partial charge in [-0.05, 0) is 39.5 Å². The van der Waals surface area contributed by atoms with E-state index in [0.717, 1.165) is 18.7 Å². The molecule has 20 heavy (non-hydrogen) atoms. The van der Waals surface area contributed by atoms with Crippen LogP contribution in [0.3, 0.4) is 0 Å². The van der Waals surface area contributed by atoms with Crippen LogP contribution in [0, 0.1) is 0 Å². The van der Waals surface area contributed by atoms with Gasteiger partial charge < -0.3 is 9.26 Å². The van der Waals surface area contributed by atoms with Gasteiger partial charge in [-0.3, -0.25) is 5.10 Å². The summed E-state index contributed by atoms with van der Waals surface area (Å²) in [6.45, 7) is 4.14. The molecule has 2 aromatic heterocycles. The minimum atomic E-state index is -0.122. The van der Waals surface area contributed by atoms with Gasteiger partial charge in [-0.15, -0.1) is 5.10 Å². The third kappa shape index (κ3) is 2.11. The lowest BCUT2D eigenvalue weighted by atomic mass is 10.1. The smallest absolute Gasteiger partial charge is 0.256 e. The number of rotatable bonds is 3. The highest BCUT2D eigenvalue weighted by Crippen LogP contribution is 2.39. The zero-order chi connectivity index (χ0) is 13.7. The van der Waals surface area contributed by atoms with E-state index in [-0.39, 0.29) is 11.7 Å². The first kappa shape index (κ1) is 12.0. The highest BCUT2D eigenvalue weighted by molar-refractivity contribution is 5.41. The first-order chi connectivity index (χ1) is 9.61. The summed E-state index contributed by atoms with van der Waals surface area (Å²) in [5.41, 5.74) is -0.122. The van der Waals surface area contributed by atoms with Crippen LogP contribution in [0.15, 0.2) is 4.52 Å². The molecular weight excluding hydrogens is 258 g/mol. The molecule has 2 aromatic rings. The van der Waals surface area contributed by atoms with Gasteiger partial charge >= 0.3 is 0 Å². The second-order valence-corrected chi connectivity index (χ2v) is 6.18. The lowest BCUT2D eigenvalue weighted by Crippen LogP contribution is -2.17. The standard InChI is InChI=1S/C13H17N5O2/c1-13(2)6-5-8(19-13)12-15-11(18-20-12)10-14-9(16-17-10)7-3-4-7/h7-8H,3-6H2,1-2H3,(H,14,16,17). The molecule has 106 valence electrons. The molecule has 1 saturated heterocycles. The van der Waals surface area contributed by atoms with Crippen molar-refractivity contribution in [2.24, 2.45) is 0 Å². The van der Waals surface area contributed by atoms with Crippen molar-refractivity contribution in [1.82, 2.24) is 25.3 Å². The fourth-order valence-electron chi connectivity index (χ4n) is 2.53. The van der Waals surface area contributed by atoms with E-state index in [1.807, 2.05) is 0 Å². The Kier molecular flexibility index (Phi) is 2.47. The summed E-state index contributed by atoms with van der Waals surface area (Å²) < 4.78 is 11.2. The highest BCUT2D eigenvalue weighted by Gasteiger charge is 2.36. The Balaban J connectivity index is 1.55. The van der Waals surface area contributed by atoms with E-state index < -0.39 is 0 Å². The zero-order valence-corrected chi connectivity index (χ0v) is 11.6. The van der Waals surface area contributed by atoms with Crippen molar-refractivity contribution >= 4 is 0 Å². The highest BCUT2D eigenvalue weighted by atomic mass is 16.5. The Labute approximate surface area is 116 Å². The average Bonchev–Trinajstić information content (AvgIpc) is 2.86. The van der Waals surface area contributed by atoms with E-state index in [1.54, 1.807) is 0 Å². The summed E-state index contributed by atoms with van der Waals surface area (Å²) in [5, 5.41) is 11.1. The fourth-order valence-corrected chi connectivity index (χ4v) is 2.53. The van der Waals surface area contributed by atoms with E-state index in [4.69, 9.17) is 9.26 Å². The molecule has 1 aliphatic heterocycles. The molecule has 3 heterocycles. The minimum absolute atomic E-state index is 0.118. The lowest BCUT2D eigenvalue weighted by Gasteiger charge is -2.17. The maximum absolute atomic E-state index is 5.89. The van der Waals surface area contributed by atoms with E-state index in [0.29, 0.717) is 23.5 Å². The number of nitrogens with zero attached hydrogens (tertiary/aromatic N) is 4. The Morgan fingerprint density at radius 1 is 1.15 bits per heavy atom. The predicted octanol–water partition coefficient (Wildman–Crippen LogP) is 2.36. The predicted molar refractivity (Wildman–Crippen MR) is 68.8 cm³/mol. The first-order valence-corrected chi connectivity index (χ1v) is 7.05. The number of hydrogen-bond acceptors (Lipinski definition) is 6. The van der Waals surface area contributed by atoms with Crippen molar-refractivity contribution in [2.75, 3.05) is 0 Å². The molecule has 1 atom stereocenters. The molecule has 7 heteroatoms. The third-order valence-corrected chi connectivity index (χ3v) is 3.85. The van der Waals surface area contributed by atoms with Crippen molar-refractivity contribution in [2.45, 2.75) is 57.2 Å². The molecule has 2 fully saturated rings. The topological polar surface area (TPSA) is 89.7 Å². The van der Waals surface area contributed by atoms with Crippen molar-refractivity contribution in [1.29, 1.82) is 0 Å². The SMILES string of the molecule is CC1(C)CCC(c2nc(-c3n[nH]c(C4CC4)n3)no2)O1. The Bertz CT molecular complexity index is 628. The van der Waals surface area contributed by atoms with E-state index >= 15 is 0 Å². The normalized spacial score (nSPS) is 25.2. The largest absolute Gasteiger partial charge is 0.363 e. The van der Waals surface area contributed by atoms with E-state index in [2.05, 4.69) is 39.2 Å². The van der Waals surface area contributed by atoms with Crippen LogP contribution in [0.25, 0.3) is 11.6 Å². The summed E-state index contributed by atoms with van der Waals surface area (Å²) in [5.74, 6) is 2.89. The number of aromatic amines is 1. The molecule has 4 rings (SSSR count). The van der Waals surface area contributed by atoms with Crippen molar-refractivity contribution < 1.29 is 9.26 Å². The van der Waals surface area contributed by atoms with E-state index in [9.17, 15) is 0 Å². The number of H-pyrrole nitrogens is 1. The first-order valence-electron chi connectivity index (χ1n) is 7.05. The molecule has 0 aromatic carbocycles. The van der Waals surface area contributed by atoms with Crippen molar-refractivity contribution in [3.8, 4) is 11.6 Å². The third-order valence-electron chi connectivity index (χ3n) is 3.85. The summed E-state index contributed by atoms with van der Waals surface area (Å²) in [7, 11) is 0. The molecule has 0 amide bonds. The van der Waals surface area contributed by atoms with Gasteiger partial charge in [0.15, 0.2) is 0 Å². The van der Waals surface area contributed by atoms with Crippen LogP contribution in [0.5, 0.6) is 0 Å². The molecule has 0 bridgehead atoms. The quantitative estimate of drug-likeness (QED) is 0.924. The van der Waals surface area contributed by atoms with Crippen LogP contribution < -0.4 is 0 Å². The molecule has 1 unspecified atom stereocenters. The van der Waals surface area contributed by atoms with Gasteiger partial charge in [0.25, 0.3) is 5.89 Å². The monoisotopic (exact) mass is 275 g/mol. The van der Waals surface area contributed by atoms with Crippen LogP contribution in [-0.4, -0.2) is 30.9 Å². The van der Waals surface area contributed by atoms with Crippen LogP contribution in [0.4, 0.5) is 0 Å². The van der Waals surface area contributed by atoms with Gasteiger partial charge in [-0.25, -0.2) is 4.98 Å². The van der Waals surface area contributed by atoms with Crippen LogP contribution in [-0.2, 0) is 4.74 Å². The van der Waals surface area contributed by atoms with Crippen LogP contribution >= 0.6 is 0 Å². The Morgan fingerprint density at radius 3 is 2.70 bits per heavy atom. The van der Waals surface area contributed by atoms with Crippen molar-refractivity contribution in [3.63, 3.8) is 0 Å². The molecule has 2 aliphatic rings.